The summed E-state index contributed by atoms with van der Waals surface area (Å²) in [4.78, 5) is 12.0. The molecule has 0 radical (unpaired) electrons. The fraction of sp³-hybridized carbons (Fsp3) is 0.933. The second-order valence-corrected chi connectivity index (χ2v) is 6.23. The first-order valence-corrected chi connectivity index (χ1v) is 7.87. The standard InChI is InChI=1S/C15H26O7/c1-4-5-6-7-10(18)19-12-11(9(17)8-16)20-14-13(12)21-15(2,3)22-14/h9,11-14,16-17H,4-8H2,1-3H3/t9-,11-,12+,13-,14-/m1/s1. The summed E-state index contributed by atoms with van der Waals surface area (Å²) < 4.78 is 22.3. The van der Waals surface area contributed by atoms with E-state index in [-0.39, 0.29) is 5.97 Å². The van der Waals surface area contributed by atoms with Gasteiger partial charge in [-0.25, -0.2) is 0 Å². The largest absolute Gasteiger partial charge is 0.456 e. The molecule has 0 aromatic heterocycles. The van der Waals surface area contributed by atoms with Crippen LogP contribution in [-0.4, -0.2) is 59.3 Å². The summed E-state index contributed by atoms with van der Waals surface area (Å²) in [6.45, 7) is 5.05. The normalized spacial score (nSPS) is 34.4. The van der Waals surface area contributed by atoms with E-state index in [1.807, 2.05) is 0 Å². The van der Waals surface area contributed by atoms with Gasteiger partial charge in [-0.15, -0.1) is 0 Å². The number of aliphatic hydroxyl groups excluding tert-OH is 2. The van der Waals surface area contributed by atoms with Gasteiger partial charge < -0.3 is 29.2 Å². The van der Waals surface area contributed by atoms with Crippen LogP contribution in [0.3, 0.4) is 0 Å². The minimum Gasteiger partial charge on any atom is -0.456 e. The van der Waals surface area contributed by atoms with Crippen molar-refractivity contribution in [3.63, 3.8) is 0 Å². The summed E-state index contributed by atoms with van der Waals surface area (Å²) in [5.41, 5.74) is 0. The molecule has 2 fully saturated rings. The highest BCUT2D eigenvalue weighted by Gasteiger charge is 2.58. The fourth-order valence-corrected chi connectivity index (χ4v) is 2.78. The summed E-state index contributed by atoms with van der Waals surface area (Å²) in [5, 5.41) is 19.0. The van der Waals surface area contributed by atoms with E-state index in [1.165, 1.54) is 0 Å². The number of aliphatic hydroxyl groups is 2. The molecule has 0 aliphatic carbocycles. The first-order chi connectivity index (χ1) is 10.4. The zero-order valence-corrected chi connectivity index (χ0v) is 13.4. The lowest BCUT2D eigenvalue weighted by Gasteiger charge is -2.27. The predicted molar refractivity (Wildman–Crippen MR) is 75.8 cm³/mol. The van der Waals surface area contributed by atoms with E-state index in [2.05, 4.69) is 6.92 Å². The summed E-state index contributed by atoms with van der Waals surface area (Å²) in [6.07, 6.45) is -1.07. The van der Waals surface area contributed by atoms with E-state index in [9.17, 15) is 9.90 Å². The quantitative estimate of drug-likeness (QED) is 0.527. The van der Waals surface area contributed by atoms with Crippen LogP contribution < -0.4 is 0 Å². The maximum Gasteiger partial charge on any atom is 0.306 e. The molecule has 0 saturated carbocycles. The van der Waals surface area contributed by atoms with Gasteiger partial charge in [0.05, 0.1) is 6.61 Å². The highest BCUT2D eigenvalue weighted by Crippen LogP contribution is 2.39. The van der Waals surface area contributed by atoms with Crippen LogP contribution in [0.15, 0.2) is 0 Å². The van der Waals surface area contributed by atoms with Crippen molar-refractivity contribution in [2.24, 2.45) is 0 Å². The Bertz CT molecular complexity index is 384. The van der Waals surface area contributed by atoms with Crippen molar-refractivity contribution in [2.45, 2.75) is 82.9 Å². The zero-order valence-electron chi connectivity index (χ0n) is 13.4. The van der Waals surface area contributed by atoms with Crippen molar-refractivity contribution < 1.29 is 34.0 Å². The third-order valence-corrected chi connectivity index (χ3v) is 3.85. The molecule has 5 atom stereocenters. The van der Waals surface area contributed by atoms with Gasteiger partial charge in [0.15, 0.2) is 24.3 Å². The van der Waals surface area contributed by atoms with Gasteiger partial charge >= 0.3 is 5.97 Å². The van der Waals surface area contributed by atoms with Crippen LogP contribution in [0.4, 0.5) is 0 Å². The minimum absolute atomic E-state index is 0.313. The van der Waals surface area contributed by atoms with Crippen LogP contribution in [0.5, 0.6) is 0 Å². The lowest BCUT2D eigenvalue weighted by Crippen LogP contribution is -2.45. The molecule has 2 aliphatic heterocycles. The molecular weight excluding hydrogens is 292 g/mol. The first kappa shape index (κ1) is 17.6. The van der Waals surface area contributed by atoms with Crippen molar-refractivity contribution in [1.29, 1.82) is 0 Å². The summed E-state index contributed by atoms with van der Waals surface area (Å²) >= 11 is 0. The maximum absolute atomic E-state index is 12.0. The van der Waals surface area contributed by atoms with Gasteiger partial charge in [0.25, 0.3) is 0 Å². The Morgan fingerprint density at radius 2 is 2.05 bits per heavy atom. The molecule has 0 aromatic carbocycles. The van der Waals surface area contributed by atoms with E-state index in [1.54, 1.807) is 13.8 Å². The van der Waals surface area contributed by atoms with Gasteiger partial charge in [-0.1, -0.05) is 19.8 Å². The van der Waals surface area contributed by atoms with E-state index in [4.69, 9.17) is 24.1 Å². The molecule has 2 heterocycles. The topological polar surface area (TPSA) is 94.5 Å². The molecule has 7 heteroatoms. The van der Waals surface area contributed by atoms with Gasteiger partial charge in [-0.05, 0) is 20.3 Å². The SMILES string of the molecule is CCCCCC(=O)O[C@@H]1[C@H]2OC(C)(C)O[C@H]2O[C@@H]1[C@H](O)CO. The molecule has 2 saturated heterocycles. The zero-order chi connectivity index (χ0) is 16.3. The summed E-state index contributed by atoms with van der Waals surface area (Å²) in [7, 11) is 0. The van der Waals surface area contributed by atoms with Gasteiger partial charge in [0.2, 0.25) is 0 Å². The fourth-order valence-electron chi connectivity index (χ4n) is 2.78. The van der Waals surface area contributed by atoms with E-state index in [0.717, 1.165) is 19.3 Å². The number of carbonyl (C=O) groups excluding carboxylic acids is 1. The van der Waals surface area contributed by atoms with Gasteiger partial charge in [-0.2, -0.15) is 0 Å². The van der Waals surface area contributed by atoms with Crippen molar-refractivity contribution in [3.8, 4) is 0 Å². The molecule has 0 unspecified atom stereocenters. The van der Waals surface area contributed by atoms with Crippen molar-refractivity contribution in [2.75, 3.05) is 6.61 Å². The Hall–Kier alpha value is -0.730. The number of hydrogen-bond donors (Lipinski definition) is 2. The number of ether oxygens (including phenoxy) is 4. The Kier molecular flexibility index (Phi) is 5.79. The average molecular weight is 318 g/mol. The third kappa shape index (κ3) is 3.97. The summed E-state index contributed by atoms with van der Waals surface area (Å²) in [6, 6.07) is 0. The van der Waals surface area contributed by atoms with Crippen LogP contribution in [0.1, 0.15) is 46.5 Å². The Balaban J connectivity index is 2.00. The highest BCUT2D eigenvalue weighted by atomic mass is 16.8. The van der Waals surface area contributed by atoms with E-state index >= 15 is 0 Å². The first-order valence-electron chi connectivity index (χ1n) is 7.87. The number of hydrogen-bond acceptors (Lipinski definition) is 7. The highest BCUT2D eigenvalue weighted by molar-refractivity contribution is 5.69. The van der Waals surface area contributed by atoms with Crippen LogP contribution in [-0.2, 0) is 23.7 Å². The lowest BCUT2D eigenvalue weighted by atomic mass is 10.1. The number of esters is 1. The minimum atomic E-state index is -1.16. The molecule has 128 valence electrons. The average Bonchev–Trinajstić information content (AvgIpc) is 2.92. The number of unbranched alkanes of at least 4 members (excludes halogenated alkanes) is 2. The molecule has 2 aliphatic rings. The number of rotatable bonds is 7. The third-order valence-electron chi connectivity index (χ3n) is 3.85. The lowest BCUT2D eigenvalue weighted by molar-refractivity contribution is -0.231. The van der Waals surface area contributed by atoms with Crippen LogP contribution in [0, 0.1) is 0 Å². The van der Waals surface area contributed by atoms with Crippen molar-refractivity contribution in [3.05, 3.63) is 0 Å². The molecule has 22 heavy (non-hydrogen) atoms. The van der Waals surface area contributed by atoms with Crippen LogP contribution >= 0.6 is 0 Å². The predicted octanol–water partition coefficient (Wildman–Crippen LogP) is 0.708. The molecular formula is C15H26O7. The molecule has 2 rings (SSSR count). The molecule has 2 N–H and O–H groups in total. The molecule has 0 spiro atoms. The Morgan fingerprint density at radius 3 is 2.68 bits per heavy atom. The van der Waals surface area contributed by atoms with Crippen LogP contribution in [0.25, 0.3) is 0 Å². The number of fused-ring (bicyclic) bond motifs is 1. The van der Waals surface area contributed by atoms with E-state index in [0.29, 0.717) is 6.42 Å². The van der Waals surface area contributed by atoms with Gasteiger partial charge in [0.1, 0.15) is 12.2 Å². The maximum atomic E-state index is 12.0. The smallest absolute Gasteiger partial charge is 0.306 e. The van der Waals surface area contributed by atoms with Crippen molar-refractivity contribution >= 4 is 5.97 Å². The van der Waals surface area contributed by atoms with Crippen LogP contribution in [0.2, 0.25) is 0 Å². The molecule has 0 amide bonds. The Labute approximate surface area is 130 Å². The number of carbonyl (C=O) groups is 1. The molecule has 7 nitrogen and oxygen atoms in total. The summed E-state index contributed by atoms with van der Waals surface area (Å²) in [5.74, 6) is -1.19. The second-order valence-electron chi connectivity index (χ2n) is 6.23. The van der Waals surface area contributed by atoms with Crippen molar-refractivity contribution in [1.82, 2.24) is 0 Å². The van der Waals surface area contributed by atoms with Gasteiger partial charge in [0, 0.05) is 6.42 Å². The second kappa shape index (κ2) is 7.23. The molecule has 0 bridgehead atoms. The monoisotopic (exact) mass is 318 g/mol. The Morgan fingerprint density at radius 1 is 1.32 bits per heavy atom. The molecule has 0 aromatic rings. The van der Waals surface area contributed by atoms with E-state index < -0.39 is 43.1 Å². The van der Waals surface area contributed by atoms with Gasteiger partial charge in [-0.3, -0.25) is 4.79 Å².